The zero-order valence-electron chi connectivity index (χ0n) is 13.4. The molecule has 0 aromatic heterocycles. The van der Waals surface area contributed by atoms with Gasteiger partial charge in [-0.05, 0) is 60.2 Å². The van der Waals surface area contributed by atoms with Gasteiger partial charge in [0.1, 0.15) is 11.5 Å². The number of ether oxygens (including phenoxy) is 2. The molecule has 0 aliphatic heterocycles. The van der Waals surface area contributed by atoms with Gasteiger partial charge in [-0.15, -0.1) is 0 Å². The van der Waals surface area contributed by atoms with Crippen LogP contribution in [0.15, 0.2) is 60.7 Å². The summed E-state index contributed by atoms with van der Waals surface area (Å²) >= 11 is 0. The lowest BCUT2D eigenvalue weighted by Crippen LogP contribution is -2.08. The molecule has 0 radical (unpaired) electrons. The number of hydrogen-bond donors (Lipinski definition) is 0. The fourth-order valence-electron chi connectivity index (χ4n) is 2.40. The van der Waals surface area contributed by atoms with Crippen molar-refractivity contribution < 1.29 is 19.1 Å². The molecule has 3 rings (SSSR count). The van der Waals surface area contributed by atoms with Gasteiger partial charge in [-0.3, -0.25) is 4.79 Å². The Morgan fingerprint density at radius 3 is 1.88 bits per heavy atom. The van der Waals surface area contributed by atoms with Crippen molar-refractivity contribution >= 4 is 22.5 Å². The monoisotopic (exact) mass is 352 g/mol. The highest BCUT2D eigenvalue weighted by molar-refractivity contribution is 5.99. The summed E-state index contributed by atoms with van der Waals surface area (Å²) in [6.07, 6.45) is 0. The van der Waals surface area contributed by atoms with E-state index in [1.807, 2.05) is 18.2 Å². The summed E-state index contributed by atoms with van der Waals surface area (Å²) in [6.45, 7) is 1.53. The second kappa shape index (κ2) is 8.81. The first-order valence-corrected chi connectivity index (χ1v) is 7.48. The molecule has 0 bridgehead atoms. The molecule has 0 N–H and O–H groups in total. The number of esters is 1. The summed E-state index contributed by atoms with van der Waals surface area (Å²) in [5.74, 6) is 0.724. The Bertz CT molecular complexity index is 911. The standard InChI is InChI=1S/C20H16O4.2CH4/c1-13(21)15-3-4-17-12-19(10-7-16(17)11-15)24-20(22)14-5-8-18(23-2)9-6-14;;/h3-12H,1-2H3;2*1H4. The molecular weight excluding hydrogens is 328 g/mol. The van der Waals surface area contributed by atoms with Crippen molar-refractivity contribution in [1.29, 1.82) is 0 Å². The molecule has 0 saturated carbocycles. The van der Waals surface area contributed by atoms with Gasteiger partial charge in [-0.2, -0.15) is 0 Å². The minimum absolute atomic E-state index is 0. The lowest BCUT2D eigenvalue weighted by molar-refractivity contribution is 0.0734. The molecule has 0 heterocycles. The molecule has 0 saturated heterocycles. The van der Waals surface area contributed by atoms with Gasteiger partial charge in [-0.1, -0.05) is 33.1 Å². The van der Waals surface area contributed by atoms with E-state index in [1.165, 1.54) is 6.92 Å². The minimum atomic E-state index is -0.433. The van der Waals surface area contributed by atoms with E-state index in [9.17, 15) is 9.59 Å². The Labute approximate surface area is 154 Å². The van der Waals surface area contributed by atoms with Crippen LogP contribution in [-0.4, -0.2) is 18.9 Å². The van der Waals surface area contributed by atoms with E-state index < -0.39 is 5.97 Å². The zero-order chi connectivity index (χ0) is 17.1. The summed E-state index contributed by atoms with van der Waals surface area (Å²) in [6, 6.07) is 17.5. The van der Waals surface area contributed by atoms with Crippen LogP contribution >= 0.6 is 0 Å². The average Bonchev–Trinajstić information content (AvgIpc) is 2.61. The summed E-state index contributed by atoms with van der Waals surface area (Å²) in [4.78, 5) is 23.6. The summed E-state index contributed by atoms with van der Waals surface area (Å²) in [5.41, 5.74) is 1.10. The molecule has 0 aliphatic rings. The maximum absolute atomic E-state index is 12.2. The Morgan fingerprint density at radius 1 is 0.731 bits per heavy atom. The maximum atomic E-state index is 12.2. The van der Waals surface area contributed by atoms with E-state index in [-0.39, 0.29) is 20.6 Å². The number of benzene rings is 3. The first-order chi connectivity index (χ1) is 11.6. The molecule has 0 amide bonds. The van der Waals surface area contributed by atoms with Crippen LogP contribution in [0.1, 0.15) is 42.5 Å². The van der Waals surface area contributed by atoms with Crippen LogP contribution in [0, 0.1) is 0 Å². The van der Waals surface area contributed by atoms with E-state index in [1.54, 1.807) is 49.6 Å². The zero-order valence-corrected chi connectivity index (χ0v) is 13.4. The Kier molecular flexibility index (Phi) is 7.08. The molecule has 4 nitrogen and oxygen atoms in total. The number of rotatable bonds is 4. The average molecular weight is 352 g/mol. The molecule has 26 heavy (non-hydrogen) atoms. The predicted molar refractivity (Wildman–Crippen MR) is 105 cm³/mol. The van der Waals surface area contributed by atoms with E-state index in [0.717, 1.165) is 10.8 Å². The molecule has 0 unspecified atom stereocenters. The van der Waals surface area contributed by atoms with Crippen LogP contribution in [0.3, 0.4) is 0 Å². The number of carbonyl (C=O) groups excluding carboxylic acids is 2. The van der Waals surface area contributed by atoms with Crippen molar-refractivity contribution in [3.8, 4) is 11.5 Å². The highest BCUT2D eigenvalue weighted by Gasteiger charge is 2.09. The molecule has 136 valence electrons. The Morgan fingerprint density at radius 2 is 1.27 bits per heavy atom. The van der Waals surface area contributed by atoms with Crippen LogP contribution in [0.5, 0.6) is 11.5 Å². The van der Waals surface area contributed by atoms with Crippen LogP contribution in [0.25, 0.3) is 10.8 Å². The fraction of sp³-hybridized carbons (Fsp3) is 0.182. The van der Waals surface area contributed by atoms with Gasteiger partial charge < -0.3 is 9.47 Å². The van der Waals surface area contributed by atoms with Crippen molar-refractivity contribution in [3.63, 3.8) is 0 Å². The Hall–Kier alpha value is -3.14. The third-order valence-corrected chi connectivity index (χ3v) is 3.75. The quantitative estimate of drug-likeness (QED) is 0.351. The van der Waals surface area contributed by atoms with Gasteiger partial charge in [0.05, 0.1) is 12.7 Å². The number of ketones is 1. The van der Waals surface area contributed by atoms with Gasteiger partial charge in [0, 0.05) is 5.56 Å². The van der Waals surface area contributed by atoms with Gasteiger partial charge >= 0.3 is 5.97 Å². The number of carbonyl (C=O) groups is 2. The number of hydrogen-bond acceptors (Lipinski definition) is 4. The van der Waals surface area contributed by atoms with Crippen molar-refractivity contribution in [1.82, 2.24) is 0 Å². The fourth-order valence-corrected chi connectivity index (χ4v) is 2.40. The van der Waals surface area contributed by atoms with Gasteiger partial charge in [-0.25, -0.2) is 4.79 Å². The molecule has 3 aromatic rings. The maximum Gasteiger partial charge on any atom is 0.343 e. The SMILES string of the molecule is C.C.COc1ccc(C(=O)Oc2ccc3cc(C(C)=O)ccc3c2)cc1. The number of fused-ring (bicyclic) bond motifs is 1. The van der Waals surface area contributed by atoms with Crippen LogP contribution in [-0.2, 0) is 0 Å². The largest absolute Gasteiger partial charge is 0.497 e. The second-order valence-electron chi connectivity index (χ2n) is 5.40. The highest BCUT2D eigenvalue weighted by Crippen LogP contribution is 2.23. The molecule has 0 aliphatic carbocycles. The minimum Gasteiger partial charge on any atom is -0.497 e. The van der Waals surface area contributed by atoms with Crippen molar-refractivity contribution in [3.05, 3.63) is 71.8 Å². The number of methoxy groups -OCH3 is 1. The van der Waals surface area contributed by atoms with Crippen molar-refractivity contribution in [2.75, 3.05) is 7.11 Å². The van der Waals surface area contributed by atoms with E-state index in [4.69, 9.17) is 9.47 Å². The van der Waals surface area contributed by atoms with Crippen molar-refractivity contribution in [2.45, 2.75) is 21.8 Å². The van der Waals surface area contributed by atoms with Gasteiger partial charge in [0.2, 0.25) is 0 Å². The third-order valence-electron chi connectivity index (χ3n) is 3.75. The van der Waals surface area contributed by atoms with E-state index in [0.29, 0.717) is 22.6 Å². The molecule has 0 spiro atoms. The molecular formula is C22H24O4. The van der Waals surface area contributed by atoms with Crippen LogP contribution < -0.4 is 9.47 Å². The lowest BCUT2D eigenvalue weighted by Gasteiger charge is -2.07. The van der Waals surface area contributed by atoms with E-state index >= 15 is 0 Å². The highest BCUT2D eigenvalue weighted by atomic mass is 16.5. The molecule has 3 aromatic carbocycles. The first kappa shape index (κ1) is 20.9. The van der Waals surface area contributed by atoms with Gasteiger partial charge in [0.25, 0.3) is 0 Å². The summed E-state index contributed by atoms with van der Waals surface area (Å²) in [7, 11) is 1.57. The first-order valence-electron chi connectivity index (χ1n) is 7.48. The topological polar surface area (TPSA) is 52.6 Å². The van der Waals surface area contributed by atoms with Gasteiger partial charge in [0.15, 0.2) is 5.78 Å². The van der Waals surface area contributed by atoms with Crippen LogP contribution in [0.4, 0.5) is 0 Å². The number of Topliss-reactive ketones (excluding diaryl/α,β-unsaturated/α-hetero) is 1. The smallest absolute Gasteiger partial charge is 0.343 e. The molecule has 0 fully saturated rings. The second-order valence-corrected chi connectivity index (χ2v) is 5.40. The normalized spacial score (nSPS) is 9.62. The third kappa shape index (κ3) is 4.48. The van der Waals surface area contributed by atoms with Crippen LogP contribution in [0.2, 0.25) is 0 Å². The van der Waals surface area contributed by atoms with E-state index in [2.05, 4.69) is 0 Å². The molecule has 4 heteroatoms. The van der Waals surface area contributed by atoms with Crippen molar-refractivity contribution in [2.24, 2.45) is 0 Å². The Balaban J connectivity index is 0.00000169. The predicted octanol–water partition coefficient (Wildman–Crippen LogP) is 5.54. The lowest BCUT2D eigenvalue weighted by atomic mass is 10.0. The molecule has 0 atom stereocenters. The summed E-state index contributed by atoms with van der Waals surface area (Å²) < 4.78 is 10.5. The summed E-state index contributed by atoms with van der Waals surface area (Å²) in [5, 5.41) is 1.83.